The highest BCUT2D eigenvalue weighted by molar-refractivity contribution is 5.19. The third-order valence-corrected chi connectivity index (χ3v) is 0.818. The quantitative estimate of drug-likeness (QED) is 0.386. The maximum atomic E-state index is 9.96. The molecule has 9 heavy (non-hydrogen) atoms. The molecule has 0 unspecified atom stereocenters. The van der Waals surface area contributed by atoms with E-state index in [0.717, 1.165) is 0 Å². The van der Waals surface area contributed by atoms with Crippen molar-refractivity contribution in [2.24, 2.45) is 0 Å². The van der Waals surface area contributed by atoms with Crippen LogP contribution in [0, 0.1) is 10.1 Å². The van der Waals surface area contributed by atoms with Crippen molar-refractivity contribution in [3.8, 4) is 0 Å². The Labute approximate surface area is 50.5 Å². The van der Waals surface area contributed by atoms with Gasteiger partial charge in [-0.3, -0.25) is 10.1 Å². The highest BCUT2D eigenvalue weighted by Gasteiger charge is 2.05. The van der Waals surface area contributed by atoms with Gasteiger partial charge in [-0.2, -0.15) is 0 Å². The lowest BCUT2D eigenvalue weighted by Gasteiger charge is -1.80. The van der Waals surface area contributed by atoms with E-state index in [1.165, 1.54) is 18.5 Å². The molecule has 0 saturated heterocycles. The van der Waals surface area contributed by atoms with Crippen LogP contribution in [0.15, 0.2) is 18.5 Å². The van der Waals surface area contributed by atoms with E-state index in [0.29, 0.717) is 0 Å². The Kier molecular flexibility index (Phi) is 1.35. The summed E-state index contributed by atoms with van der Waals surface area (Å²) in [5, 5.41) is 15.8. The zero-order chi connectivity index (χ0) is 6.69. The molecule has 0 atom stereocenters. The van der Waals surface area contributed by atoms with Crippen LogP contribution in [0.3, 0.4) is 0 Å². The van der Waals surface area contributed by atoms with Gasteiger partial charge in [0, 0.05) is 6.07 Å². The fourth-order valence-corrected chi connectivity index (χ4v) is 0.422. The standard InChI is InChI=1S/C4H3N3O2/c8-7(9)4-1-2-5-6-3-4/h1-3H/p+1. The SMILES string of the molecule is O=[N+]([O-])c1ccn[nH+]c1. The van der Waals surface area contributed by atoms with Gasteiger partial charge in [0.15, 0.2) is 0 Å². The van der Waals surface area contributed by atoms with Crippen molar-refractivity contribution in [1.82, 2.24) is 5.10 Å². The summed E-state index contributed by atoms with van der Waals surface area (Å²) in [4.78, 5) is 9.47. The number of hydrogen-bond donors (Lipinski definition) is 0. The van der Waals surface area contributed by atoms with Gasteiger partial charge < -0.3 is 0 Å². The minimum absolute atomic E-state index is 0.0185. The summed E-state index contributed by atoms with van der Waals surface area (Å²) in [6, 6.07) is 1.32. The second kappa shape index (κ2) is 2.17. The molecule has 1 aromatic heterocycles. The third kappa shape index (κ3) is 1.18. The lowest BCUT2D eigenvalue weighted by atomic mass is 10.5. The lowest BCUT2D eigenvalue weighted by molar-refractivity contribution is -0.470. The normalized spacial score (nSPS) is 8.89. The van der Waals surface area contributed by atoms with Crippen LogP contribution in [0.5, 0.6) is 0 Å². The number of nitrogens with one attached hydrogen (secondary N) is 1. The molecule has 0 saturated carbocycles. The van der Waals surface area contributed by atoms with Crippen molar-refractivity contribution in [3.63, 3.8) is 0 Å². The zero-order valence-electron chi connectivity index (χ0n) is 4.44. The minimum Gasteiger partial charge on any atom is -0.258 e. The Balaban J connectivity index is 2.98. The van der Waals surface area contributed by atoms with Crippen LogP contribution in [0.25, 0.3) is 0 Å². The summed E-state index contributed by atoms with van der Waals surface area (Å²) in [5.74, 6) is 0. The van der Waals surface area contributed by atoms with Crippen molar-refractivity contribution in [3.05, 3.63) is 28.6 Å². The van der Waals surface area contributed by atoms with E-state index in [1.807, 2.05) is 0 Å². The highest BCUT2D eigenvalue weighted by atomic mass is 16.6. The van der Waals surface area contributed by atoms with Crippen LogP contribution in [-0.4, -0.2) is 10.0 Å². The first-order valence-corrected chi connectivity index (χ1v) is 2.27. The first-order valence-electron chi connectivity index (χ1n) is 2.27. The van der Waals surface area contributed by atoms with Gasteiger partial charge in [-0.05, 0) is 5.10 Å². The monoisotopic (exact) mass is 126 g/mol. The van der Waals surface area contributed by atoms with Crippen molar-refractivity contribution in [2.75, 3.05) is 0 Å². The van der Waals surface area contributed by atoms with Crippen LogP contribution < -0.4 is 5.10 Å². The van der Waals surface area contributed by atoms with Crippen molar-refractivity contribution in [2.45, 2.75) is 0 Å². The van der Waals surface area contributed by atoms with E-state index in [9.17, 15) is 10.1 Å². The van der Waals surface area contributed by atoms with E-state index in [-0.39, 0.29) is 5.69 Å². The number of nitro groups is 1. The molecule has 1 heterocycles. The van der Waals surface area contributed by atoms with Crippen molar-refractivity contribution < 1.29 is 10.0 Å². The molecule has 0 aliphatic rings. The average molecular weight is 126 g/mol. The summed E-state index contributed by atoms with van der Waals surface area (Å²) in [6.45, 7) is 0. The Hall–Kier alpha value is -1.52. The van der Waals surface area contributed by atoms with E-state index in [2.05, 4.69) is 10.2 Å². The molecule has 5 nitrogen and oxygen atoms in total. The number of hydrogen-bond acceptors (Lipinski definition) is 3. The Morgan fingerprint density at radius 1 is 1.78 bits per heavy atom. The maximum Gasteiger partial charge on any atom is 0.336 e. The number of aromatic nitrogens is 2. The number of rotatable bonds is 1. The molecule has 0 bridgehead atoms. The zero-order valence-corrected chi connectivity index (χ0v) is 4.44. The first kappa shape index (κ1) is 5.61. The lowest BCUT2D eigenvalue weighted by Crippen LogP contribution is -2.06. The minimum atomic E-state index is -0.488. The average Bonchev–Trinajstić information content (AvgIpc) is 1.90. The molecule has 0 radical (unpaired) electrons. The summed E-state index contributed by atoms with van der Waals surface area (Å²) in [7, 11) is 0. The Morgan fingerprint density at radius 2 is 2.56 bits per heavy atom. The van der Waals surface area contributed by atoms with Gasteiger partial charge in [-0.25, -0.2) is 0 Å². The van der Waals surface area contributed by atoms with E-state index >= 15 is 0 Å². The van der Waals surface area contributed by atoms with E-state index in [4.69, 9.17) is 0 Å². The smallest absolute Gasteiger partial charge is 0.258 e. The molecule has 5 heteroatoms. The molecule has 0 aromatic carbocycles. The molecular weight excluding hydrogens is 122 g/mol. The van der Waals surface area contributed by atoms with Crippen LogP contribution in [0.1, 0.15) is 0 Å². The topological polar surface area (TPSA) is 70.2 Å². The predicted molar refractivity (Wildman–Crippen MR) is 27.4 cm³/mol. The third-order valence-electron chi connectivity index (χ3n) is 0.818. The van der Waals surface area contributed by atoms with Gasteiger partial charge >= 0.3 is 5.69 Å². The second-order valence-corrected chi connectivity index (χ2v) is 1.40. The van der Waals surface area contributed by atoms with E-state index in [1.54, 1.807) is 0 Å². The number of nitrogens with zero attached hydrogens (tertiary/aromatic N) is 2. The fourth-order valence-electron chi connectivity index (χ4n) is 0.422. The van der Waals surface area contributed by atoms with Gasteiger partial charge in [0.05, 0.1) is 4.92 Å². The van der Waals surface area contributed by atoms with Gasteiger partial charge in [0.2, 0.25) is 0 Å². The van der Waals surface area contributed by atoms with Crippen LogP contribution >= 0.6 is 0 Å². The highest BCUT2D eigenvalue weighted by Crippen LogP contribution is 2.01. The van der Waals surface area contributed by atoms with E-state index < -0.39 is 4.92 Å². The molecule has 0 amide bonds. The molecular formula is C4H4N3O2+. The molecule has 1 aromatic rings. The van der Waals surface area contributed by atoms with Gasteiger partial charge in [-0.15, -0.1) is 0 Å². The Bertz CT molecular complexity index is 210. The maximum absolute atomic E-state index is 9.96. The fraction of sp³-hybridized carbons (Fsp3) is 0. The second-order valence-electron chi connectivity index (χ2n) is 1.40. The van der Waals surface area contributed by atoms with Crippen molar-refractivity contribution in [1.29, 1.82) is 0 Å². The van der Waals surface area contributed by atoms with Crippen LogP contribution in [0.4, 0.5) is 5.69 Å². The molecule has 1 rings (SSSR count). The molecule has 0 aliphatic carbocycles. The van der Waals surface area contributed by atoms with Crippen LogP contribution in [0.2, 0.25) is 0 Å². The molecule has 1 N–H and O–H groups in total. The molecule has 0 spiro atoms. The number of aromatic amines is 1. The van der Waals surface area contributed by atoms with Gasteiger partial charge in [-0.1, -0.05) is 5.10 Å². The summed E-state index contributed by atoms with van der Waals surface area (Å²) in [6.07, 6.45) is 2.55. The molecule has 46 valence electrons. The molecule has 0 aliphatic heterocycles. The van der Waals surface area contributed by atoms with Crippen molar-refractivity contribution >= 4 is 5.69 Å². The Morgan fingerprint density at radius 3 is 2.89 bits per heavy atom. The largest absolute Gasteiger partial charge is 0.336 e. The summed E-state index contributed by atoms with van der Waals surface area (Å²) in [5.41, 5.74) is 0.0185. The van der Waals surface area contributed by atoms with Gasteiger partial charge in [0.1, 0.15) is 6.20 Å². The first-order chi connectivity index (χ1) is 4.30. The summed E-state index contributed by atoms with van der Waals surface area (Å²) >= 11 is 0. The summed E-state index contributed by atoms with van der Waals surface area (Å²) < 4.78 is 0. The van der Waals surface area contributed by atoms with Crippen LogP contribution in [-0.2, 0) is 0 Å². The molecule has 0 fully saturated rings. The number of H-pyrrole nitrogens is 1. The van der Waals surface area contributed by atoms with Gasteiger partial charge in [0.25, 0.3) is 6.20 Å². The predicted octanol–water partition coefficient (Wildman–Crippen LogP) is -0.196.